The van der Waals surface area contributed by atoms with Crippen LogP contribution >= 0.6 is 11.3 Å². The summed E-state index contributed by atoms with van der Waals surface area (Å²) in [6, 6.07) is 5.57. The predicted molar refractivity (Wildman–Crippen MR) is 105 cm³/mol. The van der Waals surface area contributed by atoms with Crippen LogP contribution in [0.25, 0.3) is 0 Å². The monoisotopic (exact) mass is 390 g/mol. The number of piperidine rings is 1. The number of urea groups is 1. The minimum atomic E-state index is -0.255. The summed E-state index contributed by atoms with van der Waals surface area (Å²) in [5.74, 6) is -0.0408. The van der Waals surface area contributed by atoms with E-state index in [9.17, 15) is 9.59 Å². The molecule has 7 nitrogen and oxygen atoms in total. The molecule has 1 aliphatic heterocycles. The van der Waals surface area contributed by atoms with Gasteiger partial charge in [-0.2, -0.15) is 0 Å². The van der Waals surface area contributed by atoms with E-state index < -0.39 is 0 Å². The molecule has 2 aromatic rings. The lowest BCUT2D eigenvalue weighted by Gasteiger charge is -2.31. The van der Waals surface area contributed by atoms with E-state index in [2.05, 4.69) is 15.8 Å². The minimum absolute atomic E-state index is 0.129. The first-order valence-corrected chi connectivity index (χ1v) is 10.0. The van der Waals surface area contributed by atoms with Crippen molar-refractivity contribution in [3.8, 4) is 0 Å². The molecule has 146 valence electrons. The highest BCUT2D eigenvalue weighted by atomic mass is 32.1. The zero-order chi connectivity index (χ0) is 19.4. The summed E-state index contributed by atoms with van der Waals surface area (Å²) in [4.78, 5) is 27.8. The van der Waals surface area contributed by atoms with Crippen molar-refractivity contribution < 1.29 is 14.1 Å². The average molecular weight is 391 g/mol. The van der Waals surface area contributed by atoms with Crippen molar-refractivity contribution in [3.05, 3.63) is 34.2 Å². The van der Waals surface area contributed by atoms with Crippen molar-refractivity contribution in [1.82, 2.24) is 15.4 Å². The third-order valence-electron chi connectivity index (χ3n) is 4.60. The largest absolute Gasteiger partial charge is 0.338 e. The second-order valence-corrected chi connectivity index (χ2v) is 8.87. The molecule has 1 fully saturated rings. The summed E-state index contributed by atoms with van der Waals surface area (Å²) in [7, 11) is 0. The van der Waals surface area contributed by atoms with Crippen molar-refractivity contribution in [2.75, 3.05) is 18.4 Å². The quantitative estimate of drug-likeness (QED) is 0.835. The molecule has 1 aliphatic rings. The molecule has 3 amide bonds. The lowest BCUT2D eigenvalue weighted by Crippen LogP contribution is -2.47. The summed E-state index contributed by atoms with van der Waals surface area (Å²) in [6.07, 6.45) is 1.55. The summed E-state index contributed by atoms with van der Waals surface area (Å²) >= 11 is 1.61. The number of carbonyl (C=O) groups excluding carboxylic acids is 2. The molecule has 0 saturated carbocycles. The van der Waals surface area contributed by atoms with Gasteiger partial charge in [0.15, 0.2) is 0 Å². The molecular weight excluding hydrogens is 364 g/mol. The van der Waals surface area contributed by atoms with E-state index in [0.29, 0.717) is 25.5 Å². The molecule has 0 aromatic carbocycles. The lowest BCUT2D eigenvalue weighted by atomic mass is 9.92. The Kier molecular flexibility index (Phi) is 5.84. The van der Waals surface area contributed by atoms with Gasteiger partial charge in [0.1, 0.15) is 0 Å². The Morgan fingerprint density at radius 2 is 2.22 bits per heavy atom. The first-order chi connectivity index (χ1) is 12.8. The summed E-state index contributed by atoms with van der Waals surface area (Å²) < 4.78 is 5.23. The van der Waals surface area contributed by atoms with Gasteiger partial charge in [-0.3, -0.25) is 10.1 Å². The summed E-state index contributed by atoms with van der Waals surface area (Å²) in [5.41, 5.74) is 0.644. The van der Waals surface area contributed by atoms with Gasteiger partial charge in [-0.05, 0) is 24.3 Å². The van der Waals surface area contributed by atoms with E-state index in [1.807, 2.05) is 38.3 Å². The molecule has 0 aliphatic carbocycles. The van der Waals surface area contributed by atoms with Crippen LogP contribution in [0.3, 0.4) is 0 Å². The number of anilines is 1. The van der Waals surface area contributed by atoms with E-state index in [-0.39, 0.29) is 23.3 Å². The fraction of sp³-hybridized carbons (Fsp3) is 0.526. The van der Waals surface area contributed by atoms with Crippen LogP contribution in [-0.4, -0.2) is 35.1 Å². The molecule has 1 saturated heterocycles. The molecule has 0 radical (unpaired) electrons. The number of likely N-dealkylation sites (tertiary alicyclic amines) is 1. The number of nitrogens with zero attached hydrogens (tertiary/aromatic N) is 2. The third kappa shape index (κ3) is 5.09. The topological polar surface area (TPSA) is 87.5 Å². The molecule has 2 aromatic heterocycles. The van der Waals surface area contributed by atoms with Gasteiger partial charge in [0.25, 0.3) is 0 Å². The Hall–Kier alpha value is -2.35. The van der Waals surface area contributed by atoms with Gasteiger partial charge in [0.2, 0.25) is 11.8 Å². The van der Waals surface area contributed by atoms with Crippen molar-refractivity contribution in [2.45, 2.75) is 45.6 Å². The number of amides is 3. The Morgan fingerprint density at radius 1 is 1.41 bits per heavy atom. The highest BCUT2D eigenvalue weighted by Crippen LogP contribution is 2.25. The van der Waals surface area contributed by atoms with Gasteiger partial charge in [-0.25, -0.2) is 4.79 Å². The smallest absolute Gasteiger partial charge is 0.317 e. The van der Waals surface area contributed by atoms with Crippen molar-refractivity contribution >= 4 is 29.2 Å². The standard InChI is InChI=1S/C19H26N4O3S/c1-19(2,3)15-10-16(26-22-15)21-17(24)13-6-4-8-23(12-13)18(25)20-11-14-7-5-9-27-14/h5,7,9-10,13H,4,6,8,11-12H2,1-3H3,(H,20,25)(H,21,24). The fourth-order valence-electron chi connectivity index (χ4n) is 2.97. The van der Waals surface area contributed by atoms with Crippen LogP contribution in [0.4, 0.5) is 10.7 Å². The SMILES string of the molecule is CC(C)(C)c1cc(NC(=O)C2CCCN(C(=O)NCc3cccs3)C2)on1. The Labute approximate surface area is 163 Å². The highest BCUT2D eigenvalue weighted by Gasteiger charge is 2.29. The average Bonchev–Trinajstić information content (AvgIpc) is 3.31. The normalized spacial score (nSPS) is 17.6. The molecule has 1 atom stereocenters. The molecule has 2 N–H and O–H groups in total. The zero-order valence-corrected chi connectivity index (χ0v) is 16.8. The first-order valence-electron chi connectivity index (χ1n) is 9.16. The number of thiophene rings is 1. The maximum absolute atomic E-state index is 12.6. The number of rotatable bonds is 4. The molecule has 0 bridgehead atoms. The maximum Gasteiger partial charge on any atom is 0.317 e. The van der Waals surface area contributed by atoms with E-state index in [1.54, 1.807) is 22.3 Å². The van der Waals surface area contributed by atoms with Crippen LogP contribution in [0.2, 0.25) is 0 Å². The number of carbonyl (C=O) groups is 2. The second-order valence-electron chi connectivity index (χ2n) is 7.84. The van der Waals surface area contributed by atoms with E-state index in [4.69, 9.17) is 4.52 Å². The van der Waals surface area contributed by atoms with E-state index in [1.165, 1.54) is 0 Å². The molecule has 27 heavy (non-hydrogen) atoms. The Balaban J connectivity index is 1.53. The minimum Gasteiger partial charge on any atom is -0.338 e. The molecular formula is C19H26N4O3S. The van der Waals surface area contributed by atoms with Crippen LogP contribution in [0.1, 0.15) is 44.2 Å². The fourth-order valence-corrected chi connectivity index (χ4v) is 3.62. The number of hydrogen-bond donors (Lipinski definition) is 2. The first kappa shape index (κ1) is 19.4. The van der Waals surface area contributed by atoms with Crippen LogP contribution < -0.4 is 10.6 Å². The third-order valence-corrected chi connectivity index (χ3v) is 5.47. The van der Waals surface area contributed by atoms with Crippen LogP contribution in [0, 0.1) is 5.92 Å². The lowest BCUT2D eigenvalue weighted by molar-refractivity contribution is -0.121. The molecule has 0 spiro atoms. The Morgan fingerprint density at radius 3 is 2.89 bits per heavy atom. The molecule has 1 unspecified atom stereocenters. The van der Waals surface area contributed by atoms with Gasteiger partial charge in [0.05, 0.1) is 18.2 Å². The summed E-state index contributed by atoms with van der Waals surface area (Å²) in [6.45, 7) is 7.68. The number of hydrogen-bond acceptors (Lipinski definition) is 5. The van der Waals surface area contributed by atoms with Gasteiger partial charge in [-0.15, -0.1) is 11.3 Å². The highest BCUT2D eigenvalue weighted by molar-refractivity contribution is 7.09. The molecule has 3 heterocycles. The van der Waals surface area contributed by atoms with Crippen molar-refractivity contribution in [1.29, 1.82) is 0 Å². The predicted octanol–water partition coefficient (Wildman–Crippen LogP) is 3.59. The zero-order valence-electron chi connectivity index (χ0n) is 15.9. The van der Waals surface area contributed by atoms with Crippen LogP contribution in [0.15, 0.2) is 28.1 Å². The summed E-state index contributed by atoms with van der Waals surface area (Å²) in [5, 5.41) is 11.7. The van der Waals surface area contributed by atoms with E-state index in [0.717, 1.165) is 23.4 Å². The van der Waals surface area contributed by atoms with Gasteiger partial charge < -0.3 is 14.7 Å². The second kappa shape index (κ2) is 8.12. The van der Waals surface area contributed by atoms with E-state index >= 15 is 0 Å². The maximum atomic E-state index is 12.6. The van der Waals surface area contributed by atoms with Crippen LogP contribution in [-0.2, 0) is 16.8 Å². The Bertz CT molecular complexity index is 779. The van der Waals surface area contributed by atoms with Crippen molar-refractivity contribution in [2.24, 2.45) is 5.92 Å². The number of nitrogens with one attached hydrogen (secondary N) is 2. The van der Waals surface area contributed by atoms with Crippen LogP contribution in [0.5, 0.6) is 0 Å². The number of aromatic nitrogens is 1. The van der Waals surface area contributed by atoms with Gasteiger partial charge in [-0.1, -0.05) is 32.0 Å². The molecule has 3 rings (SSSR count). The van der Waals surface area contributed by atoms with Gasteiger partial charge >= 0.3 is 6.03 Å². The van der Waals surface area contributed by atoms with Crippen molar-refractivity contribution in [3.63, 3.8) is 0 Å². The molecule has 8 heteroatoms. The van der Waals surface area contributed by atoms with Gasteiger partial charge in [0, 0.05) is 29.4 Å².